The first-order valence-electron chi connectivity index (χ1n) is 7.52. The highest BCUT2D eigenvalue weighted by molar-refractivity contribution is 5.69. The summed E-state index contributed by atoms with van der Waals surface area (Å²) < 4.78 is 24.7. The van der Waals surface area contributed by atoms with Crippen LogP contribution >= 0.6 is 0 Å². The molecule has 0 aliphatic heterocycles. The second-order valence-electron chi connectivity index (χ2n) is 5.12. The topological polar surface area (TPSA) is 92.2 Å². The average Bonchev–Trinajstić information content (AvgIpc) is 3.08. The van der Waals surface area contributed by atoms with Crippen molar-refractivity contribution in [3.63, 3.8) is 0 Å². The molecule has 0 fully saturated rings. The number of aromatic nitrogens is 3. The molecule has 0 bridgehead atoms. The van der Waals surface area contributed by atoms with Crippen LogP contribution in [0.1, 0.15) is 18.1 Å². The minimum Gasteiger partial charge on any atom is -0.711 e. The predicted octanol–water partition coefficient (Wildman–Crippen LogP) is 2.19. The third-order valence-electron chi connectivity index (χ3n) is 3.38. The Labute approximate surface area is 142 Å². The lowest BCUT2D eigenvalue weighted by Crippen LogP contribution is -2.33. The van der Waals surface area contributed by atoms with Crippen molar-refractivity contribution in [2.75, 3.05) is 0 Å². The van der Waals surface area contributed by atoms with Gasteiger partial charge in [0.1, 0.15) is 12.0 Å². The van der Waals surface area contributed by atoms with Gasteiger partial charge < -0.3 is 14.4 Å². The molecule has 1 aromatic carbocycles. The second-order valence-corrected chi connectivity index (χ2v) is 5.12. The minimum absolute atomic E-state index is 0.0168. The normalized spacial score (nSPS) is 10.6. The highest BCUT2D eigenvalue weighted by Crippen LogP contribution is 2.23. The van der Waals surface area contributed by atoms with Crippen molar-refractivity contribution in [3.05, 3.63) is 71.7 Å². The van der Waals surface area contributed by atoms with E-state index in [-0.39, 0.29) is 25.3 Å². The molecule has 7 nitrogen and oxygen atoms in total. The van der Waals surface area contributed by atoms with E-state index in [1.807, 2.05) is 0 Å². The first-order chi connectivity index (χ1) is 12.1. The average molecular weight is 343 g/mol. The van der Waals surface area contributed by atoms with Crippen LogP contribution in [0.25, 0.3) is 11.3 Å². The lowest BCUT2D eigenvalue weighted by atomic mass is 10.2. The molecule has 2 aromatic heterocycles. The summed E-state index contributed by atoms with van der Waals surface area (Å²) in [6.45, 7) is -0.213. The Morgan fingerprint density at radius 2 is 2.12 bits per heavy atom. The standard InChI is InChI=1S/C17H14FN3O4/c18-13-5-2-1-4-12(13)14-10-20-16(25-14)6-7-17(22)24-11-15-19-8-3-9-21(15)23/h1-5,8-10H,6-7,11H2. The Bertz CT molecular complexity index is 882. The van der Waals surface area contributed by atoms with Crippen LogP contribution in [0.4, 0.5) is 4.39 Å². The fraction of sp³-hybridized carbons (Fsp3) is 0.176. The molecule has 0 atom stereocenters. The zero-order valence-corrected chi connectivity index (χ0v) is 13.1. The van der Waals surface area contributed by atoms with Crippen LogP contribution in [0, 0.1) is 11.0 Å². The maximum atomic E-state index is 13.7. The van der Waals surface area contributed by atoms with Gasteiger partial charge in [-0.25, -0.2) is 14.1 Å². The summed E-state index contributed by atoms with van der Waals surface area (Å²) in [5.74, 6) is -0.245. The minimum atomic E-state index is -0.517. The van der Waals surface area contributed by atoms with Crippen molar-refractivity contribution in [2.45, 2.75) is 19.4 Å². The predicted molar refractivity (Wildman–Crippen MR) is 83.2 cm³/mol. The maximum absolute atomic E-state index is 13.7. The number of nitrogens with zero attached hydrogens (tertiary/aromatic N) is 3. The summed E-state index contributed by atoms with van der Waals surface area (Å²) in [5.41, 5.74) is 0.305. The van der Waals surface area contributed by atoms with Gasteiger partial charge >= 0.3 is 11.8 Å². The summed E-state index contributed by atoms with van der Waals surface area (Å²) >= 11 is 0. The molecule has 0 N–H and O–H groups in total. The number of hydrogen-bond donors (Lipinski definition) is 0. The monoisotopic (exact) mass is 343 g/mol. The fourth-order valence-corrected chi connectivity index (χ4v) is 2.13. The Kier molecular flexibility index (Phi) is 4.98. The molecular weight excluding hydrogens is 329 g/mol. The molecule has 0 amide bonds. The van der Waals surface area contributed by atoms with E-state index < -0.39 is 11.8 Å². The molecule has 0 unspecified atom stereocenters. The molecule has 2 heterocycles. The van der Waals surface area contributed by atoms with E-state index in [9.17, 15) is 14.4 Å². The van der Waals surface area contributed by atoms with Gasteiger partial charge in [0.05, 0.1) is 24.4 Å². The van der Waals surface area contributed by atoms with Gasteiger partial charge in [-0.3, -0.25) is 4.79 Å². The van der Waals surface area contributed by atoms with Crippen LogP contribution in [-0.4, -0.2) is 15.9 Å². The number of rotatable bonds is 6. The van der Waals surface area contributed by atoms with Gasteiger partial charge in [-0.1, -0.05) is 12.1 Å². The molecule has 8 heteroatoms. The number of oxazole rings is 1. The summed E-state index contributed by atoms with van der Waals surface area (Å²) in [7, 11) is 0. The van der Waals surface area contributed by atoms with Crippen LogP contribution in [-0.2, 0) is 22.6 Å². The van der Waals surface area contributed by atoms with Crippen LogP contribution in [0.3, 0.4) is 0 Å². The van der Waals surface area contributed by atoms with Crippen molar-refractivity contribution in [2.24, 2.45) is 0 Å². The number of benzene rings is 1. The van der Waals surface area contributed by atoms with Crippen LogP contribution in [0.5, 0.6) is 0 Å². The zero-order chi connectivity index (χ0) is 17.6. The first-order valence-corrected chi connectivity index (χ1v) is 7.52. The van der Waals surface area contributed by atoms with Gasteiger partial charge in [0, 0.05) is 12.5 Å². The summed E-state index contributed by atoms with van der Waals surface area (Å²) in [6, 6.07) is 7.67. The Balaban J connectivity index is 1.53. The number of aryl methyl sites for hydroxylation is 1. The van der Waals surface area contributed by atoms with Gasteiger partial charge in [0.2, 0.25) is 0 Å². The molecule has 0 saturated carbocycles. The van der Waals surface area contributed by atoms with Crippen LogP contribution in [0.15, 0.2) is 53.3 Å². The van der Waals surface area contributed by atoms with Gasteiger partial charge in [0.25, 0.3) is 0 Å². The van der Waals surface area contributed by atoms with E-state index >= 15 is 0 Å². The van der Waals surface area contributed by atoms with Crippen molar-refractivity contribution >= 4 is 5.97 Å². The number of hydrogen-bond acceptors (Lipinski definition) is 6. The number of carbonyl (C=O) groups is 1. The SMILES string of the molecule is O=C(CCc1ncc(-c2ccccc2F)o1)OCc1nccc[n+]1[O-]. The van der Waals surface area contributed by atoms with E-state index in [4.69, 9.17) is 9.15 Å². The summed E-state index contributed by atoms with van der Waals surface area (Å²) in [5, 5.41) is 11.4. The first kappa shape index (κ1) is 16.6. The van der Waals surface area contributed by atoms with E-state index in [2.05, 4.69) is 9.97 Å². The highest BCUT2D eigenvalue weighted by atomic mass is 19.1. The third-order valence-corrected chi connectivity index (χ3v) is 3.38. The Hall–Kier alpha value is -3.29. The number of ether oxygens (including phenoxy) is 1. The molecule has 3 rings (SSSR count). The molecule has 0 spiro atoms. The van der Waals surface area contributed by atoms with Gasteiger partial charge in [-0.2, -0.15) is 0 Å². The number of esters is 1. The van der Waals surface area contributed by atoms with Crippen molar-refractivity contribution in [1.29, 1.82) is 0 Å². The third kappa shape index (κ3) is 4.17. The van der Waals surface area contributed by atoms with Gasteiger partial charge in [-0.05, 0) is 17.1 Å². The van der Waals surface area contributed by atoms with E-state index in [0.717, 1.165) is 0 Å². The van der Waals surface area contributed by atoms with E-state index in [1.54, 1.807) is 18.2 Å². The highest BCUT2D eigenvalue weighted by Gasteiger charge is 2.14. The summed E-state index contributed by atoms with van der Waals surface area (Å²) in [6.07, 6.45) is 4.34. The largest absolute Gasteiger partial charge is 0.711 e. The lowest BCUT2D eigenvalue weighted by Gasteiger charge is -2.05. The fourth-order valence-electron chi connectivity index (χ4n) is 2.13. The van der Waals surface area contributed by atoms with Gasteiger partial charge in [-0.15, -0.1) is 0 Å². The Morgan fingerprint density at radius 1 is 1.28 bits per heavy atom. The quantitative estimate of drug-likeness (QED) is 0.387. The van der Waals surface area contributed by atoms with Crippen molar-refractivity contribution in [1.82, 2.24) is 9.97 Å². The molecular formula is C17H14FN3O4. The zero-order valence-electron chi connectivity index (χ0n) is 13.1. The molecule has 0 radical (unpaired) electrons. The Morgan fingerprint density at radius 3 is 2.92 bits per heavy atom. The van der Waals surface area contributed by atoms with Gasteiger partial charge in [0.15, 0.2) is 18.3 Å². The van der Waals surface area contributed by atoms with E-state index in [0.29, 0.717) is 21.9 Å². The number of halogens is 1. The van der Waals surface area contributed by atoms with Crippen LogP contribution in [0.2, 0.25) is 0 Å². The van der Waals surface area contributed by atoms with Crippen LogP contribution < -0.4 is 4.73 Å². The molecule has 0 saturated heterocycles. The lowest BCUT2D eigenvalue weighted by molar-refractivity contribution is -0.620. The van der Waals surface area contributed by atoms with Crippen molar-refractivity contribution in [3.8, 4) is 11.3 Å². The summed E-state index contributed by atoms with van der Waals surface area (Å²) in [4.78, 5) is 19.6. The molecule has 0 aliphatic rings. The molecule has 128 valence electrons. The second kappa shape index (κ2) is 7.52. The smallest absolute Gasteiger partial charge is 0.339 e. The molecule has 25 heavy (non-hydrogen) atoms. The maximum Gasteiger partial charge on any atom is 0.339 e. The molecule has 3 aromatic rings. The van der Waals surface area contributed by atoms with E-state index in [1.165, 1.54) is 30.7 Å². The molecule has 0 aliphatic carbocycles. The number of carbonyl (C=O) groups excluding carboxylic acids is 1. The van der Waals surface area contributed by atoms with Crippen molar-refractivity contribution < 1.29 is 23.1 Å².